The van der Waals surface area contributed by atoms with Gasteiger partial charge in [0, 0.05) is 12.1 Å². The molecule has 1 amide bonds. The summed E-state index contributed by atoms with van der Waals surface area (Å²) in [6.07, 6.45) is 0. The number of nitrogens with one attached hydrogen (secondary N) is 1. The van der Waals surface area contributed by atoms with Crippen LogP contribution in [0.15, 0.2) is 70.0 Å². The molecule has 2 aromatic heterocycles. The second-order valence-corrected chi connectivity index (χ2v) is 6.64. The maximum absolute atomic E-state index is 13.6. The van der Waals surface area contributed by atoms with E-state index < -0.39 is 11.7 Å². The molecular weight excluding hydrogens is 405 g/mol. The van der Waals surface area contributed by atoms with Crippen molar-refractivity contribution in [1.82, 2.24) is 9.56 Å². The highest BCUT2D eigenvalue weighted by Gasteiger charge is 2.12. The number of hydrogen-bond acceptors (Lipinski definition) is 6. The molecule has 4 rings (SSSR count). The summed E-state index contributed by atoms with van der Waals surface area (Å²) in [4.78, 5) is 28.7. The molecule has 2 aromatic carbocycles. The lowest BCUT2D eigenvalue weighted by Crippen LogP contribution is -2.21. The van der Waals surface area contributed by atoms with Crippen molar-refractivity contribution in [1.29, 1.82) is 0 Å². The number of carbonyl (C=O) groups is 1. The molecule has 0 saturated carbocycles. The van der Waals surface area contributed by atoms with Crippen LogP contribution in [0.3, 0.4) is 0 Å². The Morgan fingerprint density at radius 3 is 2.65 bits per heavy atom. The Labute approximate surface area is 175 Å². The Morgan fingerprint density at radius 1 is 1.10 bits per heavy atom. The van der Waals surface area contributed by atoms with E-state index in [-0.39, 0.29) is 24.5 Å². The van der Waals surface area contributed by atoms with E-state index in [9.17, 15) is 14.0 Å². The molecule has 0 fully saturated rings. The molecule has 0 aliphatic rings. The summed E-state index contributed by atoms with van der Waals surface area (Å²) in [6.45, 7) is 1.36. The van der Waals surface area contributed by atoms with Gasteiger partial charge in [0.05, 0.1) is 11.4 Å². The summed E-state index contributed by atoms with van der Waals surface area (Å²) < 4.78 is 30.9. The van der Waals surface area contributed by atoms with Crippen LogP contribution in [0, 0.1) is 12.7 Å². The molecule has 1 N–H and O–H groups in total. The first-order chi connectivity index (χ1) is 15.0. The largest absolute Gasteiger partial charge is 0.485 e. The van der Waals surface area contributed by atoms with Gasteiger partial charge in [-0.25, -0.2) is 9.37 Å². The number of fused-ring (bicyclic) bond motifs is 1. The van der Waals surface area contributed by atoms with E-state index >= 15 is 0 Å². The number of anilines is 1. The smallest absolute Gasteiger partial charge is 0.287 e. The van der Waals surface area contributed by atoms with Gasteiger partial charge >= 0.3 is 0 Å². The van der Waals surface area contributed by atoms with Gasteiger partial charge < -0.3 is 19.3 Å². The number of aromatic nitrogens is 2. The van der Waals surface area contributed by atoms with Crippen LogP contribution in [0.5, 0.6) is 11.5 Å². The molecule has 0 spiro atoms. The first kappa shape index (κ1) is 20.1. The van der Waals surface area contributed by atoms with E-state index in [1.807, 2.05) is 0 Å². The van der Waals surface area contributed by atoms with E-state index in [4.69, 9.17) is 14.0 Å². The molecule has 2 heterocycles. The van der Waals surface area contributed by atoms with Crippen molar-refractivity contribution in [2.24, 2.45) is 0 Å². The van der Waals surface area contributed by atoms with Crippen LogP contribution in [-0.2, 0) is 11.4 Å². The highest BCUT2D eigenvalue weighted by molar-refractivity contribution is 5.93. The third-order valence-corrected chi connectivity index (χ3v) is 4.26. The number of amides is 1. The average molecular weight is 423 g/mol. The minimum Gasteiger partial charge on any atom is -0.485 e. The zero-order chi connectivity index (χ0) is 21.8. The average Bonchev–Trinajstić information content (AvgIpc) is 3.13. The van der Waals surface area contributed by atoms with E-state index in [2.05, 4.69) is 10.3 Å². The number of ether oxygens (including phenoxy) is 2. The Hall–Kier alpha value is -4.14. The highest BCUT2D eigenvalue weighted by atomic mass is 19.1. The van der Waals surface area contributed by atoms with Gasteiger partial charge in [0.2, 0.25) is 0 Å². The van der Waals surface area contributed by atoms with Gasteiger partial charge in [0.15, 0.2) is 23.8 Å². The van der Waals surface area contributed by atoms with Crippen LogP contribution in [0.4, 0.5) is 10.1 Å². The molecule has 8 nitrogen and oxygen atoms in total. The van der Waals surface area contributed by atoms with Crippen molar-refractivity contribution in [3.63, 3.8) is 0 Å². The predicted octanol–water partition coefficient (Wildman–Crippen LogP) is 3.33. The van der Waals surface area contributed by atoms with E-state index in [0.29, 0.717) is 28.5 Å². The molecule has 0 radical (unpaired) electrons. The number of para-hydroxylation sites is 3. The lowest BCUT2D eigenvalue weighted by atomic mass is 10.3. The quantitative estimate of drug-likeness (QED) is 0.490. The molecule has 0 saturated heterocycles. The number of halogens is 1. The van der Waals surface area contributed by atoms with Crippen molar-refractivity contribution in [3.05, 3.63) is 88.3 Å². The van der Waals surface area contributed by atoms with Crippen molar-refractivity contribution < 1.29 is 23.2 Å². The van der Waals surface area contributed by atoms with Gasteiger partial charge in [-0.05, 0) is 31.2 Å². The molecule has 9 heteroatoms. The Bertz CT molecular complexity index is 1300. The summed E-state index contributed by atoms with van der Waals surface area (Å²) in [5.74, 6) is -0.0944. The number of carbonyl (C=O) groups excluding carboxylic acids is 1. The number of rotatable bonds is 7. The summed E-state index contributed by atoms with van der Waals surface area (Å²) in [6, 6.07) is 15.6. The summed E-state index contributed by atoms with van der Waals surface area (Å²) >= 11 is 0. The summed E-state index contributed by atoms with van der Waals surface area (Å²) in [5.41, 5.74) is 0.843. The minimum atomic E-state index is -0.549. The maximum Gasteiger partial charge on any atom is 0.287 e. The summed E-state index contributed by atoms with van der Waals surface area (Å²) in [5, 5.41) is 2.67. The zero-order valence-electron chi connectivity index (χ0n) is 16.5. The third-order valence-electron chi connectivity index (χ3n) is 4.26. The topological polar surface area (TPSA) is 95.1 Å². The molecule has 0 aliphatic carbocycles. The van der Waals surface area contributed by atoms with Crippen LogP contribution in [0.2, 0.25) is 0 Å². The fourth-order valence-corrected chi connectivity index (χ4v) is 2.89. The van der Waals surface area contributed by atoms with Gasteiger partial charge in [-0.3, -0.25) is 9.59 Å². The maximum atomic E-state index is 13.6. The van der Waals surface area contributed by atoms with Gasteiger partial charge in [0.1, 0.15) is 18.1 Å². The standard InChI is InChI=1S/C22H18FN3O5/c1-14-10-20-24-15(11-22(28)26(20)31-14)12-29-19-9-5-3-7-17(19)25-21(27)13-30-18-8-4-2-6-16(18)23/h2-11H,12-13H2,1H3,(H,25,27). The lowest BCUT2D eigenvalue weighted by molar-refractivity contribution is -0.118. The van der Waals surface area contributed by atoms with Crippen molar-refractivity contribution in [3.8, 4) is 11.5 Å². The molecule has 0 atom stereocenters. The molecule has 0 bridgehead atoms. The Morgan fingerprint density at radius 2 is 1.84 bits per heavy atom. The predicted molar refractivity (Wildman–Crippen MR) is 110 cm³/mol. The second-order valence-electron chi connectivity index (χ2n) is 6.64. The molecule has 31 heavy (non-hydrogen) atoms. The molecule has 0 unspecified atom stereocenters. The van der Waals surface area contributed by atoms with Crippen LogP contribution in [0.1, 0.15) is 11.5 Å². The van der Waals surface area contributed by atoms with Gasteiger partial charge in [-0.15, -0.1) is 4.57 Å². The fourth-order valence-electron chi connectivity index (χ4n) is 2.89. The monoisotopic (exact) mass is 423 g/mol. The van der Waals surface area contributed by atoms with Crippen LogP contribution in [-0.4, -0.2) is 22.1 Å². The lowest BCUT2D eigenvalue weighted by Gasteiger charge is -2.13. The van der Waals surface area contributed by atoms with Crippen molar-refractivity contribution in [2.45, 2.75) is 13.5 Å². The summed E-state index contributed by atoms with van der Waals surface area (Å²) in [7, 11) is 0. The normalized spacial score (nSPS) is 10.8. The zero-order valence-corrected chi connectivity index (χ0v) is 16.5. The van der Waals surface area contributed by atoms with Crippen molar-refractivity contribution in [2.75, 3.05) is 11.9 Å². The SMILES string of the molecule is Cc1cc2nc(COc3ccccc3NC(=O)COc3ccccc3F)cc(=O)n2o1. The second kappa shape index (κ2) is 8.70. The van der Waals surface area contributed by atoms with E-state index in [0.717, 1.165) is 4.57 Å². The minimum absolute atomic E-state index is 0.00851. The molecule has 0 aliphatic heterocycles. The van der Waals surface area contributed by atoms with E-state index in [1.165, 1.54) is 24.3 Å². The number of hydrogen-bond donors (Lipinski definition) is 1. The first-order valence-electron chi connectivity index (χ1n) is 9.38. The molecular formula is C22H18FN3O5. The Kier molecular flexibility index (Phi) is 5.65. The van der Waals surface area contributed by atoms with Crippen LogP contribution in [0.25, 0.3) is 5.65 Å². The van der Waals surface area contributed by atoms with Crippen LogP contribution < -0.4 is 20.3 Å². The first-order valence-corrected chi connectivity index (χ1v) is 9.38. The van der Waals surface area contributed by atoms with E-state index in [1.54, 1.807) is 43.3 Å². The molecule has 4 aromatic rings. The third kappa shape index (κ3) is 4.72. The molecule has 158 valence electrons. The van der Waals surface area contributed by atoms with Crippen LogP contribution >= 0.6 is 0 Å². The van der Waals surface area contributed by atoms with Gasteiger partial charge in [-0.2, -0.15) is 0 Å². The number of aryl methyl sites for hydroxylation is 1. The highest BCUT2D eigenvalue weighted by Crippen LogP contribution is 2.25. The van der Waals surface area contributed by atoms with Crippen molar-refractivity contribution >= 4 is 17.2 Å². The van der Waals surface area contributed by atoms with Gasteiger partial charge in [-0.1, -0.05) is 24.3 Å². The van der Waals surface area contributed by atoms with Gasteiger partial charge in [0.25, 0.3) is 11.5 Å². The Balaban J connectivity index is 1.42. The number of benzene rings is 2. The fraction of sp³-hybridized carbons (Fsp3) is 0.136. The number of nitrogens with zero attached hydrogens (tertiary/aromatic N) is 2.